The average molecular weight is 769 g/mol. The van der Waals surface area contributed by atoms with Gasteiger partial charge in [0.05, 0.1) is 26.9 Å². The molecule has 0 spiro atoms. The summed E-state index contributed by atoms with van der Waals surface area (Å²) in [5.74, 6) is -1.65. The Morgan fingerprint density at radius 1 is 0.886 bits per heavy atom. The van der Waals surface area contributed by atoms with E-state index in [0.717, 1.165) is 25.7 Å². The molecule has 13 heteroatoms. The fourth-order valence-electron chi connectivity index (χ4n) is 4.98. The summed E-state index contributed by atoms with van der Waals surface area (Å²) in [5, 5.41) is 21.0. The third kappa shape index (κ3) is 9.20. The molecule has 4 amide bonds. The van der Waals surface area contributed by atoms with Gasteiger partial charge in [-0.3, -0.25) is 9.59 Å². The molecule has 1 aliphatic carbocycles. The van der Waals surface area contributed by atoms with Crippen molar-refractivity contribution in [2.75, 3.05) is 17.2 Å². The van der Waals surface area contributed by atoms with E-state index in [9.17, 15) is 24.3 Å². The third-order valence-corrected chi connectivity index (χ3v) is 8.97. The summed E-state index contributed by atoms with van der Waals surface area (Å²) in [5.41, 5.74) is 1.64. The SMILES string of the molecule is O=C(Nc1c(Br)cc(Br)cc1C(=O)NCC1CCCCC1)N[C@@H](Cc1ccc(NC(=O)c2c(Cl)cccc2Cl)cc1)C(=O)O. The maximum atomic E-state index is 13.1. The van der Waals surface area contributed by atoms with Gasteiger partial charge >= 0.3 is 12.0 Å². The molecule has 44 heavy (non-hydrogen) atoms. The number of carbonyl (C=O) groups excluding carboxylic acids is 3. The molecule has 5 N–H and O–H groups in total. The number of anilines is 2. The summed E-state index contributed by atoms with van der Waals surface area (Å²) in [6.45, 7) is 0.548. The predicted molar refractivity (Wildman–Crippen MR) is 179 cm³/mol. The van der Waals surface area contributed by atoms with Gasteiger partial charge in [0, 0.05) is 27.6 Å². The van der Waals surface area contributed by atoms with Crippen molar-refractivity contribution < 1.29 is 24.3 Å². The summed E-state index contributed by atoms with van der Waals surface area (Å²) in [4.78, 5) is 50.8. The Labute approximate surface area is 281 Å². The van der Waals surface area contributed by atoms with Crippen molar-refractivity contribution in [1.82, 2.24) is 10.6 Å². The zero-order chi connectivity index (χ0) is 31.8. The van der Waals surface area contributed by atoms with Crippen LogP contribution in [0.3, 0.4) is 0 Å². The lowest BCUT2D eigenvalue weighted by molar-refractivity contribution is -0.139. The average Bonchev–Trinajstić information content (AvgIpc) is 2.98. The summed E-state index contributed by atoms with van der Waals surface area (Å²) in [7, 11) is 0. The lowest BCUT2D eigenvalue weighted by atomic mass is 9.89. The second-order valence-electron chi connectivity index (χ2n) is 10.5. The van der Waals surface area contributed by atoms with Gasteiger partial charge in [-0.25, -0.2) is 9.59 Å². The number of aliphatic carboxylic acids is 1. The highest BCUT2D eigenvalue weighted by molar-refractivity contribution is 9.11. The second-order valence-corrected chi connectivity index (χ2v) is 13.0. The van der Waals surface area contributed by atoms with Crippen LogP contribution in [-0.4, -0.2) is 41.5 Å². The zero-order valence-corrected chi connectivity index (χ0v) is 28.1. The standard InChI is InChI=1S/C31H30Br2Cl2N4O5/c32-19-14-21(28(40)36-16-18-5-2-1-3-6-18)27(22(33)15-19)39-31(44)38-25(30(42)43)13-17-9-11-20(12-10-17)37-29(41)26-23(34)7-4-8-24(26)35/h4,7-12,14-15,18,25H,1-3,5-6,13,16H2,(H,36,40)(H,37,41)(H,42,43)(H2,38,39,44)/t25-/m0/s1. The van der Waals surface area contributed by atoms with Crippen LogP contribution in [-0.2, 0) is 11.2 Å². The minimum Gasteiger partial charge on any atom is -0.480 e. The van der Waals surface area contributed by atoms with Gasteiger partial charge in [0.1, 0.15) is 6.04 Å². The number of benzene rings is 3. The largest absolute Gasteiger partial charge is 0.480 e. The molecule has 0 unspecified atom stereocenters. The van der Waals surface area contributed by atoms with Crippen LogP contribution >= 0.6 is 55.1 Å². The predicted octanol–water partition coefficient (Wildman–Crippen LogP) is 7.90. The highest BCUT2D eigenvalue weighted by Crippen LogP contribution is 2.31. The normalized spacial score (nSPS) is 13.9. The van der Waals surface area contributed by atoms with E-state index in [-0.39, 0.29) is 39.2 Å². The molecular weight excluding hydrogens is 739 g/mol. The number of hydrogen-bond donors (Lipinski definition) is 5. The Balaban J connectivity index is 1.39. The number of nitrogens with one attached hydrogen (secondary N) is 4. The number of carboxylic acid groups (broad SMARTS) is 1. The van der Waals surface area contributed by atoms with E-state index in [1.54, 1.807) is 54.6 Å². The van der Waals surface area contributed by atoms with E-state index in [4.69, 9.17) is 23.2 Å². The van der Waals surface area contributed by atoms with Gasteiger partial charge in [-0.05, 0) is 76.7 Å². The third-order valence-electron chi connectivity index (χ3n) is 7.26. The minimum atomic E-state index is -1.28. The Morgan fingerprint density at radius 3 is 2.18 bits per heavy atom. The number of carboxylic acids is 1. The molecule has 1 aliphatic rings. The molecule has 3 aromatic rings. The van der Waals surface area contributed by atoms with Crippen molar-refractivity contribution in [2.45, 2.75) is 44.6 Å². The van der Waals surface area contributed by atoms with Crippen molar-refractivity contribution in [3.8, 4) is 0 Å². The van der Waals surface area contributed by atoms with Gasteiger partial charge in [0.25, 0.3) is 11.8 Å². The fraction of sp³-hybridized carbons (Fsp3) is 0.290. The first-order valence-electron chi connectivity index (χ1n) is 13.9. The first-order valence-corrected chi connectivity index (χ1v) is 16.3. The maximum Gasteiger partial charge on any atom is 0.326 e. The second kappa shape index (κ2) is 15.7. The summed E-state index contributed by atoms with van der Waals surface area (Å²) in [6, 6.07) is 12.5. The Bertz CT molecular complexity index is 1530. The van der Waals surface area contributed by atoms with E-state index in [1.165, 1.54) is 6.42 Å². The number of urea groups is 1. The molecule has 0 aliphatic heterocycles. The van der Waals surface area contributed by atoms with Gasteiger partial charge in [0.2, 0.25) is 0 Å². The highest BCUT2D eigenvalue weighted by Gasteiger charge is 2.24. The van der Waals surface area contributed by atoms with E-state index < -0.39 is 23.9 Å². The van der Waals surface area contributed by atoms with Crippen molar-refractivity contribution >= 4 is 90.3 Å². The molecule has 0 saturated heterocycles. The molecule has 0 heterocycles. The lowest BCUT2D eigenvalue weighted by Crippen LogP contribution is -2.44. The Hall–Kier alpha value is -3.12. The van der Waals surface area contributed by atoms with Crippen molar-refractivity contribution in [2.24, 2.45) is 5.92 Å². The monoisotopic (exact) mass is 766 g/mol. The Morgan fingerprint density at radius 2 is 1.55 bits per heavy atom. The van der Waals surface area contributed by atoms with Gasteiger partial charge in [-0.1, -0.05) is 76.6 Å². The number of halogens is 4. The van der Waals surface area contributed by atoms with Crippen molar-refractivity contribution in [1.29, 1.82) is 0 Å². The molecule has 1 saturated carbocycles. The molecule has 0 radical (unpaired) electrons. The smallest absolute Gasteiger partial charge is 0.326 e. The first-order chi connectivity index (χ1) is 21.0. The quantitative estimate of drug-likeness (QED) is 0.143. The van der Waals surface area contributed by atoms with Crippen LogP contribution in [0, 0.1) is 5.92 Å². The van der Waals surface area contributed by atoms with Crippen LogP contribution in [0.2, 0.25) is 10.0 Å². The van der Waals surface area contributed by atoms with Crippen LogP contribution in [0.1, 0.15) is 58.4 Å². The maximum absolute atomic E-state index is 13.1. The summed E-state index contributed by atoms with van der Waals surface area (Å²) in [6.07, 6.45) is 5.63. The molecule has 1 fully saturated rings. The molecular formula is C31H30Br2Cl2N4O5. The van der Waals surface area contributed by atoms with Crippen LogP contribution < -0.4 is 21.3 Å². The summed E-state index contributed by atoms with van der Waals surface area (Å²) < 4.78 is 1.09. The van der Waals surface area contributed by atoms with E-state index in [2.05, 4.69) is 53.1 Å². The topological polar surface area (TPSA) is 137 Å². The van der Waals surface area contributed by atoms with Gasteiger partial charge in [0.15, 0.2) is 0 Å². The lowest BCUT2D eigenvalue weighted by Gasteiger charge is -2.22. The molecule has 1 atom stereocenters. The number of carbonyl (C=O) groups is 4. The van der Waals surface area contributed by atoms with E-state index in [1.807, 2.05) is 0 Å². The van der Waals surface area contributed by atoms with Crippen molar-refractivity contribution in [3.05, 3.63) is 90.3 Å². The molecule has 9 nitrogen and oxygen atoms in total. The van der Waals surface area contributed by atoms with Gasteiger partial charge in [-0.15, -0.1) is 0 Å². The Kier molecular flexibility index (Phi) is 12.1. The fourth-order valence-corrected chi connectivity index (χ4v) is 6.87. The van der Waals surface area contributed by atoms with E-state index >= 15 is 0 Å². The molecule has 3 aromatic carbocycles. The number of amides is 4. The van der Waals surface area contributed by atoms with Crippen LogP contribution in [0.4, 0.5) is 16.2 Å². The molecule has 4 rings (SSSR count). The van der Waals surface area contributed by atoms with E-state index in [0.29, 0.717) is 32.7 Å². The highest BCUT2D eigenvalue weighted by atomic mass is 79.9. The molecule has 0 aromatic heterocycles. The van der Waals surface area contributed by atoms with Crippen molar-refractivity contribution in [3.63, 3.8) is 0 Å². The number of rotatable bonds is 10. The molecule has 0 bridgehead atoms. The molecule has 232 valence electrons. The van der Waals surface area contributed by atoms with Gasteiger partial charge in [-0.2, -0.15) is 0 Å². The first kappa shape index (κ1) is 33.8. The summed E-state index contributed by atoms with van der Waals surface area (Å²) >= 11 is 19.0. The van der Waals surface area contributed by atoms with Gasteiger partial charge < -0.3 is 26.4 Å². The minimum absolute atomic E-state index is 0.0381. The van der Waals surface area contributed by atoms with Crippen LogP contribution in [0.5, 0.6) is 0 Å². The number of hydrogen-bond acceptors (Lipinski definition) is 4. The van der Waals surface area contributed by atoms with Crippen LogP contribution in [0.15, 0.2) is 63.5 Å². The zero-order valence-electron chi connectivity index (χ0n) is 23.4. The van der Waals surface area contributed by atoms with Crippen LogP contribution in [0.25, 0.3) is 0 Å².